The summed E-state index contributed by atoms with van der Waals surface area (Å²) in [6.07, 6.45) is 2.47. The second kappa shape index (κ2) is 11.6. The Kier molecular flexibility index (Phi) is 7.98. The standard InChI is InChI=1S/C32H38N2O5/c1-20-14-26(24-9-7-6-8-23(20)24)33-32(35)19-34-13-12-22-17-30(38-4)31(39-5)18-25(22)27(34)15-21-10-11-28(36-2)29(16-21)37-3/h6-11,16-18,20,26-27H,12-15,19H2,1-5H3,(H,33,35). The van der Waals surface area contributed by atoms with Crippen LogP contribution in [0.3, 0.4) is 0 Å². The van der Waals surface area contributed by atoms with E-state index in [4.69, 9.17) is 18.9 Å². The molecule has 39 heavy (non-hydrogen) atoms. The Morgan fingerprint density at radius 2 is 1.51 bits per heavy atom. The normalized spacial score (nSPS) is 20.1. The number of nitrogens with one attached hydrogen (secondary N) is 1. The van der Waals surface area contributed by atoms with Crippen molar-refractivity contribution in [3.8, 4) is 23.0 Å². The molecule has 7 heteroatoms. The fourth-order valence-electron chi connectivity index (χ4n) is 6.18. The van der Waals surface area contributed by atoms with Crippen molar-refractivity contribution in [2.45, 2.75) is 44.2 Å². The van der Waals surface area contributed by atoms with Crippen LogP contribution in [-0.4, -0.2) is 52.3 Å². The Bertz CT molecular complexity index is 1340. The first-order valence-electron chi connectivity index (χ1n) is 13.5. The molecule has 0 bridgehead atoms. The van der Waals surface area contributed by atoms with Crippen LogP contribution in [0.25, 0.3) is 0 Å². The molecule has 3 unspecified atom stereocenters. The number of carbonyl (C=O) groups excluding carboxylic acids is 1. The molecule has 1 N–H and O–H groups in total. The van der Waals surface area contributed by atoms with Crippen LogP contribution in [-0.2, 0) is 17.6 Å². The lowest BCUT2D eigenvalue weighted by molar-refractivity contribution is -0.123. The first-order valence-corrected chi connectivity index (χ1v) is 13.5. The van der Waals surface area contributed by atoms with Gasteiger partial charge in [-0.25, -0.2) is 0 Å². The fraction of sp³-hybridized carbons (Fsp3) is 0.406. The maximum Gasteiger partial charge on any atom is 0.234 e. The highest BCUT2D eigenvalue weighted by Crippen LogP contribution is 2.41. The SMILES string of the molecule is COc1ccc(CC2c3cc(OC)c(OC)cc3CCN2CC(=O)NC2CC(C)c3ccccc32)cc1OC. The lowest BCUT2D eigenvalue weighted by Gasteiger charge is -2.38. The molecule has 1 heterocycles. The van der Waals surface area contributed by atoms with Crippen molar-refractivity contribution in [1.82, 2.24) is 10.2 Å². The largest absolute Gasteiger partial charge is 0.493 e. The summed E-state index contributed by atoms with van der Waals surface area (Å²) < 4.78 is 22.2. The molecule has 3 aromatic carbocycles. The van der Waals surface area contributed by atoms with Gasteiger partial charge in [0, 0.05) is 12.6 Å². The molecule has 206 valence electrons. The van der Waals surface area contributed by atoms with Gasteiger partial charge in [-0.3, -0.25) is 9.69 Å². The summed E-state index contributed by atoms with van der Waals surface area (Å²) in [7, 11) is 6.60. The molecule has 0 aromatic heterocycles. The first kappa shape index (κ1) is 26.9. The van der Waals surface area contributed by atoms with Gasteiger partial charge < -0.3 is 24.3 Å². The van der Waals surface area contributed by atoms with E-state index in [1.165, 1.54) is 16.7 Å². The molecule has 5 rings (SSSR count). The summed E-state index contributed by atoms with van der Waals surface area (Å²) >= 11 is 0. The molecule has 1 aliphatic carbocycles. The van der Waals surface area contributed by atoms with E-state index in [0.717, 1.165) is 36.3 Å². The maximum absolute atomic E-state index is 13.5. The van der Waals surface area contributed by atoms with E-state index in [0.29, 0.717) is 36.1 Å². The molecule has 1 aliphatic heterocycles. The summed E-state index contributed by atoms with van der Waals surface area (Å²) in [6, 6.07) is 18.6. The minimum atomic E-state index is -0.0211. The summed E-state index contributed by atoms with van der Waals surface area (Å²) in [6.45, 7) is 3.32. The molecule has 0 saturated heterocycles. The third-order valence-electron chi connectivity index (χ3n) is 8.16. The number of carbonyl (C=O) groups is 1. The Balaban J connectivity index is 1.42. The van der Waals surface area contributed by atoms with Crippen LogP contribution in [0.5, 0.6) is 23.0 Å². The van der Waals surface area contributed by atoms with Crippen molar-refractivity contribution < 1.29 is 23.7 Å². The zero-order valence-corrected chi connectivity index (χ0v) is 23.5. The lowest BCUT2D eigenvalue weighted by Crippen LogP contribution is -2.44. The summed E-state index contributed by atoms with van der Waals surface area (Å²) in [4.78, 5) is 15.7. The average Bonchev–Trinajstić information content (AvgIpc) is 3.27. The second-order valence-electron chi connectivity index (χ2n) is 10.4. The molecule has 1 amide bonds. The van der Waals surface area contributed by atoms with Gasteiger partial charge >= 0.3 is 0 Å². The summed E-state index contributed by atoms with van der Waals surface area (Å²) in [5, 5.41) is 3.33. The molecular weight excluding hydrogens is 492 g/mol. The number of rotatable bonds is 9. The predicted molar refractivity (Wildman–Crippen MR) is 151 cm³/mol. The molecule has 7 nitrogen and oxygen atoms in total. The van der Waals surface area contributed by atoms with Gasteiger partial charge in [-0.05, 0) is 77.3 Å². The predicted octanol–water partition coefficient (Wildman–Crippen LogP) is 5.23. The van der Waals surface area contributed by atoms with Crippen LogP contribution in [0.2, 0.25) is 0 Å². The van der Waals surface area contributed by atoms with E-state index in [1.54, 1.807) is 28.4 Å². The number of amides is 1. The van der Waals surface area contributed by atoms with Crippen LogP contribution in [0.15, 0.2) is 54.6 Å². The smallest absolute Gasteiger partial charge is 0.234 e. The van der Waals surface area contributed by atoms with E-state index in [1.807, 2.05) is 12.1 Å². The molecule has 0 radical (unpaired) electrons. The van der Waals surface area contributed by atoms with Gasteiger partial charge in [0.2, 0.25) is 5.91 Å². The van der Waals surface area contributed by atoms with Gasteiger partial charge in [0.05, 0.1) is 41.0 Å². The van der Waals surface area contributed by atoms with Crippen LogP contribution >= 0.6 is 0 Å². The molecular formula is C32H38N2O5. The first-order chi connectivity index (χ1) is 18.9. The van der Waals surface area contributed by atoms with E-state index >= 15 is 0 Å². The average molecular weight is 531 g/mol. The van der Waals surface area contributed by atoms with Crippen molar-refractivity contribution in [3.63, 3.8) is 0 Å². The number of fused-ring (bicyclic) bond motifs is 2. The molecule has 2 aliphatic rings. The maximum atomic E-state index is 13.5. The van der Waals surface area contributed by atoms with E-state index < -0.39 is 0 Å². The molecule has 0 saturated carbocycles. The molecule has 0 spiro atoms. The summed E-state index contributed by atoms with van der Waals surface area (Å²) in [5.74, 6) is 3.28. The topological polar surface area (TPSA) is 69.3 Å². The molecule has 0 fully saturated rings. The van der Waals surface area contributed by atoms with E-state index in [9.17, 15) is 4.79 Å². The highest BCUT2D eigenvalue weighted by atomic mass is 16.5. The molecule has 3 aromatic rings. The number of hydrogen-bond donors (Lipinski definition) is 1. The Labute approximate surface area is 231 Å². The highest BCUT2D eigenvalue weighted by Gasteiger charge is 2.33. The number of benzene rings is 3. The van der Waals surface area contributed by atoms with E-state index in [2.05, 4.69) is 59.6 Å². The minimum Gasteiger partial charge on any atom is -0.493 e. The second-order valence-corrected chi connectivity index (χ2v) is 10.4. The summed E-state index contributed by atoms with van der Waals surface area (Å²) in [5.41, 5.74) is 6.04. The van der Waals surface area contributed by atoms with Crippen molar-refractivity contribution in [2.24, 2.45) is 0 Å². The minimum absolute atomic E-state index is 0.0211. The number of methoxy groups -OCH3 is 4. The Morgan fingerprint density at radius 1 is 0.846 bits per heavy atom. The van der Waals surface area contributed by atoms with Gasteiger partial charge in [-0.1, -0.05) is 37.3 Å². The van der Waals surface area contributed by atoms with Crippen LogP contribution < -0.4 is 24.3 Å². The Morgan fingerprint density at radius 3 is 2.23 bits per heavy atom. The van der Waals surface area contributed by atoms with Crippen LogP contribution in [0, 0.1) is 0 Å². The monoisotopic (exact) mass is 530 g/mol. The fourth-order valence-corrected chi connectivity index (χ4v) is 6.18. The van der Waals surface area contributed by atoms with Crippen molar-refractivity contribution in [3.05, 3.63) is 82.4 Å². The zero-order chi connectivity index (χ0) is 27.5. The highest BCUT2D eigenvalue weighted by molar-refractivity contribution is 5.79. The van der Waals surface area contributed by atoms with Crippen molar-refractivity contribution in [1.29, 1.82) is 0 Å². The van der Waals surface area contributed by atoms with Gasteiger partial charge in [-0.2, -0.15) is 0 Å². The van der Waals surface area contributed by atoms with Gasteiger partial charge in [0.1, 0.15) is 0 Å². The van der Waals surface area contributed by atoms with Gasteiger partial charge in [0.25, 0.3) is 0 Å². The van der Waals surface area contributed by atoms with Crippen LogP contribution in [0.1, 0.15) is 59.2 Å². The quantitative estimate of drug-likeness (QED) is 0.409. The van der Waals surface area contributed by atoms with Gasteiger partial charge in [-0.15, -0.1) is 0 Å². The number of nitrogens with zero attached hydrogens (tertiary/aromatic N) is 1. The van der Waals surface area contributed by atoms with Gasteiger partial charge in [0.15, 0.2) is 23.0 Å². The third kappa shape index (κ3) is 5.41. The van der Waals surface area contributed by atoms with Crippen LogP contribution in [0.4, 0.5) is 0 Å². The Hall–Kier alpha value is -3.71. The van der Waals surface area contributed by atoms with Crippen molar-refractivity contribution >= 4 is 5.91 Å². The lowest BCUT2D eigenvalue weighted by atomic mass is 9.88. The zero-order valence-electron chi connectivity index (χ0n) is 23.5. The third-order valence-corrected chi connectivity index (χ3v) is 8.16. The number of hydrogen-bond acceptors (Lipinski definition) is 6. The van der Waals surface area contributed by atoms with Crippen molar-refractivity contribution in [2.75, 3.05) is 41.5 Å². The molecule has 3 atom stereocenters. The van der Waals surface area contributed by atoms with E-state index in [-0.39, 0.29) is 18.0 Å². The number of ether oxygens (including phenoxy) is 4.